The summed E-state index contributed by atoms with van der Waals surface area (Å²) in [6.07, 6.45) is 0. The minimum absolute atomic E-state index is 0.00501. The maximum Gasteiger partial charge on any atom is 0.282 e. The highest BCUT2D eigenvalue weighted by atomic mass is 32.1. The third kappa shape index (κ3) is 3.04. The van der Waals surface area contributed by atoms with Crippen molar-refractivity contribution in [2.75, 3.05) is 5.32 Å². The first-order chi connectivity index (χ1) is 11.5. The molecule has 0 aliphatic heterocycles. The molecule has 8 heteroatoms. The summed E-state index contributed by atoms with van der Waals surface area (Å²) in [7, 11) is 0. The van der Waals surface area contributed by atoms with E-state index >= 15 is 0 Å². The van der Waals surface area contributed by atoms with Crippen LogP contribution in [0.4, 0.5) is 10.8 Å². The van der Waals surface area contributed by atoms with Crippen molar-refractivity contribution in [3.05, 3.63) is 62.9 Å². The molecule has 1 aromatic carbocycles. The fraction of sp³-hybridized carbons (Fsp3) is 0.125. The number of nitrogens with one attached hydrogen (secondary N) is 1. The highest BCUT2D eigenvalue weighted by molar-refractivity contribution is 7.14. The molecule has 122 valence electrons. The number of hydrogen-bond acceptors (Lipinski definition) is 6. The number of aromatic nitrogens is 1. The Balaban J connectivity index is 1.84. The number of hydrogen-bond donors (Lipinski definition) is 1. The zero-order valence-electron chi connectivity index (χ0n) is 12.9. The van der Waals surface area contributed by atoms with E-state index < -0.39 is 10.8 Å². The summed E-state index contributed by atoms with van der Waals surface area (Å²) in [5.41, 5.74) is 1.30. The second-order valence-corrected chi connectivity index (χ2v) is 5.95. The molecule has 0 aliphatic carbocycles. The van der Waals surface area contributed by atoms with Crippen LogP contribution >= 0.6 is 11.3 Å². The number of amides is 1. The largest absolute Gasteiger partial charge is 0.466 e. The van der Waals surface area contributed by atoms with Crippen molar-refractivity contribution >= 4 is 28.1 Å². The van der Waals surface area contributed by atoms with E-state index in [2.05, 4.69) is 10.3 Å². The number of carbonyl (C=O) groups excluding carboxylic acids is 1. The van der Waals surface area contributed by atoms with Crippen molar-refractivity contribution in [2.24, 2.45) is 0 Å². The number of para-hydroxylation sites is 1. The first-order valence-electron chi connectivity index (χ1n) is 7.03. The molecule has 2 aromatic heterocycles. The molecular weight excluding hydrogens is 330 g/mol. The van der Waals surface area contributed by atoms with Gasteiger partial charge in [0.2, 0.25) is 0 Å². The lowest BCUT2D eigenvalue weighted by Crippen LogP contribution is -2.13. The van der Waals surface area contributed by atoms with Crippen LogP contribution in [0, 0.1) is 24.0 Å². The number of aryl methyl sites for hydroxylation is 2. The topological polar surface area (TPSA) is 98.3 Å². The van der Waals surface area contributed by atoms with Gasteiger partial charge in [-0.25, -0.2) is 4.98 Å². The van der Waals surface area contributed by atoms with Crippen LogP contribution in [0.2, 0.25) is 0 Å². The Morgan fingerprint density at radius 1 is 1.33 bits per heavy atom. The number of benzene rings is 1. The average molecular weight is 343 g/mol. The molecule has 3 aromatic rings. The lowest BCUT2D eigenvalue weighted by atomic mass is 10.1. The molecule has 0 atom stereocenters. The normalized spacial score (nSPS) is 10.6. The zero-order chi connectivity index (χ0) is 17.3. The van der Waals surface area contributed by atoms with Crippen molar-refractivity contribution in [1.82, 2.24) is 4.98 Å². The Kier molecular flexibility index (Phi) is 4.13. The zero-order valence-corrected chi connectivity index (χ0v) is 13.7. The Bertz CT molecular complexity index is 929. The second kappa shape index (κ2) is 6.25. The minimum Gasteiger partial charge on any atom is -0.466 e. The fourth-order valence-corrected chi connectivity index (χ4v) is 3.03. The number of nitrogens with zero attached hydrogens (tertiary/aromatic N) is 2. The summed E-state index contributed by atoms with van der Waals surface area (Å²) in [5, 5.41) is 15.8. The van der Waals surface area contributed by atoms with Gasteiger partial charge < -0.3 is 4.42 Å². The van der Waals surface area contributed by atoms with Crippen LogP contribution in [0.3, 0.4) is 0 Å². The predicted octanol–water partition coefficient (Wildman–Crippen LogP) is 4.18. The number of nitro groups is 1. The number of furan rings is 1. The van der Waals surface area contributed by atoms with Crippen LogP contribution in [0.15, 0.2) is 40.1 Å². The number of carbonyl (C=O) groups is 1. The third-order valence-corrected chi connectivity index (χ3v) is 4.14. The number of rotatable bonds is 4. The molecule has 0 radical (unpaired) electrons. The van der Waals surface area contributed by atoms with Gasteiger partial charge >= 0.3 is 0 Å². The lowest BCUT2D eigenvalue weighted by molar-refractivity contribution is -0.385. The highest BCUT2D eigenvalue weighted by Crippen LogP contribution is 2.30. The molecule has 0 fully saturated rings. The van der Waals surface area contributed by atoms with E-state index in [9.17, 15) is 14.9 Å². The van der Waals surface area contributed by atoms with Crippen LogP contribution in [-0.2, 0) is 0 Å². The van der Waals surface area contributed by atoms with Crippen molar-refractivity contribution in [1.29, 1.82) is 0 Å². The van der Waals surface area contributed by atoms with Gasteiger partial charge in [-0.1, -0.05) is 12.1 Å². The second-order valence-electron chi connectivity index (χ2n) is 5.09. The Morgan fingerprint density at radius 2 is 2.08 bits per heavy atom. The summed E-state index contributed by atoms with van der Waals surface area (Å²) >= 11 is 1.25. The Morgan fingerprint density at radius 3 is 2.75 bits per heavy atom. The molecule has 7 nitrogen and oxygen atoms in total. The van der Waals surface area contributed by atoms with Gasteiger partial charge in [0.25, 0.3) is 11.6 Å². The van der Waals surface area contributed by atoms with E-state index in [1.807, 2.05) is 19.9 Å². The van der Waals surface area contributed by atoms with E-state index in [0.29, 0.717) is 10.8 Å². The third-order valence-electron chi connectivity index (χ3n) is 3.39. The fourth-order valence-electron chi connectivity index (χ4n) is 2.33. The molecule has 2 heterocycles. The summed E-state index contributed by atoms with van der Waals surface area (Å²) in [6.45, 7) is 3.69. The monoisotopic (exact) mass is 343 g/mol. The van der Waals surface area contributed by atoms with E-state index in [4.69, 9.17) is 4.42 Å². The summed E-state index contributed by atoms with van der Waals surface area (Å²) in [4.78, 5) is 27.1. The van der Waals surface area contributed by atoms with E-state index in [1.54, 1.807) is 11.4 Å². The number of anilines is 1. The number of nitro benzene ring substituents is 1. The summed E-state index contributed by atoms with van der Waals surface area (Å²) in [5.74, 6) is 0.957. The van der Waals surface area contributed by atoms with Gasteiger partial charge in [0, 0.05) is 17.0 Å². The van der Waals surface area contributed by atoms with Crippen LogP contribution in [0.5, 0.6) is 0 Å². The standard InChI is InChI=1S/C16H13N3O4S/c1-9-7-12(10(2)23-9)13-8-24-16(17-13)18-15(20)11-5-3-4-6-14(11)19(21)22/h3-8H,1-2H3,(H,17,18,20). The number of thiazole rings is 1. The van der Waals surface area contributed by atoms with Gasteiger partial charge in [-0.05, 0) is 26.0 Å². The highest BCUT2D eigenvalue weighted by Gasteiger charge is 2.20. The molecule has 0 bridgehead atoms. The van der Waals surface area contributed by atoms with Gasteiger partial charge in [-0.15, -0.1) is 11.3 Å². The van der Waals surface area contributed by atoms with Crippen molar-refractivity contribution < 1.29 is 14.1 Å². The van der Waals surface area contributed by atoms with Gasteiger partial charge in [0.1, 0.15) is 17.1 Å². The van der Waals surface area contributed by atoms with Crippen molar-refractivity contribution in [3.8, 4) is 11.3 Å². The van der Waals surface area contributed by atoms with Crippen LogP contribution in [-0.4, -0.2) is 15.8 Å². The molecule has 0 saturated carbocycles. The van der Waals surface area contributed by atoms with Gasteiger partial charge in [-0.3, -0.25) is 20.2 Å². The maximum absolute atomic E-state index is 12.3. The smallest absolute Gasteiger partial charge is 0.282 e. The minimum atomic E-state index is -0.584. The first kappa shape index (κ1) is 15.9. The van der Waals surface area contributed by atoms with Crippen molar-refractivity contribution in [3.63, 3.8) is 0 Å². The molecule has 1 amide bonds. The Hall–Kier alpha value is -3.00. The Labute approximate surface area is 141 Å². The van der Waals surface area contributed by atoms with Crippen LogP contribution < -0.4 is 5.32 Å². The lowest BCUT2D eigenvalue weighted by Gasteiger charge is -2.02. The molecule has 24 heavy (non-hydrogen) atoms. The predicted molar refractivity (Wildman–Crippen MR) is 90.3 cm³/mol. The van der Waals surface area contributed by atoms with E-state index in [-0.39, 0.29) is 11.3 Å². The van der Waals surface area contributed by atoms with Gasteiger partial charge in [-0.2, -0.15) is 0 Å². The molecule has 0 saturated heterocycles. The molecule has 1 N–H and O–H groups in total. The SMILES string of the molecule is Cc1cc(-c2csc(NC(=O)c3ccccc3[N+](=O)[O-])n2)c(C)o1. The van der Waals surface area contributed by atoms with Crippen LogP contribution in [0.25, 0.3) is 11.3 Å². The molecule has 0 unspecified atom stereocenters. The molecular formula is C16H13N3O4S. The van der Waals surface area contributed by atoms with E-state index in [0.717, 1.165) is 17.1 Å². The summed E-state index contributed by atoms with van der Waals surface area (Å²) in [6, 6.07) is 7.66. The molecule has 3 rings (SSSR count). The first-order valence-corrected chi connectivity index (χ1v) is 7.91. The van der Waals surface area contributed by atoms with Gasteiger partial charge in [0.15, 0.2) is 5.13 Å². The molecule has 0 aliphatic rings. The van der Waals surface area contributed by atoms with Gasteiger partial charge in [0.05, 0.1) is 10.6 Å². The van der Waals surface area contributed by atoms with E-state index in [1.165, 1.54) is 29.5 Å². The average Bonchev–Trinajstić information content (AvgIpc) is 3.13. The van der Waals surface area contributed by atoms with Crippen LogP contribution in [0.1, 0.15) is 21.9 Å². The maximum atomic E-state index is 12.3. The van der Waals surface area contributed by atoms with Crippen molar-refractivity contribution in [2.45, 2.75) is 13.8 Å². The quantitative estimate of drug-likeness (QED) is 0.566. The molecule has 0 spiro atoms. The summed E-state index contributed by atoms with van der Waals surface area (Å²) < 4.78 is 5.47.